The molecule has 3 heterocycles. The van der Waals surface area contributed by atoms with Crippen LogP contribution < -0.4 is 15.2 Å². The minimum absolute atomic E-state index is 0.187. The fraction of sp³-hybridized carbons (Fsp3) is 0.143. The highest BCUT2D eigenvalue weighted by atomic mass is 32.2. The highest BCUT2D eigenvalue weighted by molar-refractivity contribution is 7.99. The van der Waals surface area contributed by atoms with Gasteiger partial charge in [-0.05, 0) is 17.7 Å². The second-order valence-corrected chi connectivity index (χ2v) is 5.78. The molecule has 0 bridgehead atoms. The van der Waals surface area contributed by atoms with Gasteiger partial charge in [0.2, 0.25) is 6.79 Å². The van der Waals surface area contributed by atoms with E-state index in [0.717, 1.165) is 10.5 Å². The number of ether oxygens (including phenoxy) is 2. The fourth-order valence-electron chi connectivity index (χ4n) is 2.26. The molecule has 8 nitrogen and oxygen atoms in total. The van der Waals surface area contributed by atoms with Crippen LogP contribution in [0.1, 0.15) is 5.56 Å². The Morgan fingerprint density at radius 1 is 1.30 bits per heavy atom. The summed E-state index contributed by atoms with van der Waals surface area (Å²) in [4.78, 5) is 16.3. The molecule has 0 saturated heterocycles. The summed E-state index contributed by atoms with van der Waals surface area (Å²) < 4.78 is 10.8. The number of anilines is 1. The number of rotatable bonds is 3. The first-order valence-corrected chi connectivity index (χ1v) is 7.50. The maximum atomic E-state index is 9.02. The molecule has 0 amide bonds. The smallest absolute Gasteiger partial charge is 0.231 e. The largest absolute Gasteiger partial charge is 0.454 e. The first kappa shape index (κ1) is 13.7. The molecule has 0 unspecified atom stereocenters. The predicted molar refractivity (Wildman–Crippen MR) is 82.1 cm³/mol. The van der Waals surface area contributed by atoms with Crippen LogP contribution in [0.15, 0.2) is 28.5 Å². The van der Waals surface area contributed by atoms with Crippen molar-refractivity contribution in [2.45, 2.75) is 16.5 Å². The van der Waals surface area contributed by atoms with E-state index < -0.39 is 0 Å². The van der Waals surface area contributed by atoms with E-state index in [4.69, 9.17) is 20.5 Å². The van der Waals surface area contributed by atoms with Crippen LogP contribution in [0.5, 0.6) is 11.5 Å². The first-order valence-electron chi connectivity index (χ1n) is 6.68. The monoisotopic (exact) mass is 326 g/mol. The molecule has 3 aromatic rings. The number of hydrogen-bond donors (Lipinski definition) is 2. The lowest BCUT2D eigenvalue weighted by molar-refractivity contribution is 0.174. The molecular formula is C14H10N6O2S. The zero-order valence-corrected chi connectivity index (χ0v) is 12.6. The summed E-state index contributed by atoms with van der Waals surface area (Å²) in [5.41, 5.74) is 7.75. The van der Waals surface area contributed by atoms with Crippen LogP contribution in [-0.2, 0) is 6.42 Å². The molecule has 23 heavy (non-hydrogen) atoms. The summed E-state index contributed by atoms with van der Waals surface area (Å²) in [5.74, 6) is 1.65. The van der Waals surface area contributed by atoms with Crippen molar-refractivity contribution < 1.29 is 9.47 Å². The van der Waals surface area contributed by atoms with Gasteiger partial charge in [0.1, 0.15) is 11.8 Å². The molecule has 9 heteroatoms. The van der Waals surface area contributed by atoms with Crippen LogP contribution >= 0.6 is 11.8 Å². The summed E-state index contributed by atoms with van der Waals surface area (Å²) in [7, 11) is 0. The molecule has 0 saturated carbocycles. The van der Waals surface area contributed by atoms with Crippen molar-refractivity contribution >= 4 is 28.7 Å². The number of hydrogen-bond acceptors (Lipinski definition) is 8. The van der Waals surface area contributed by atoms with Crippen LogP contribution in [0, 0.1) is 11.3 Å². The topological polar surface area (TPSA) is 123 Å². The Hall–Kier alpha value is -2.99. The lowest BCUT2D eigenvalue weighted by Gasteiger charge is -2.06. The standard InChI is InChI=1S/C14H10N6O2S/c15-2-1-7-3-8-9(22-6-21-8)4-10(7)23-14-19-11-12(16)17-5-18-13(11)20-14/h3-5H,1,6H2,(H3,16,17,18,19,20). The summed E-state index contributed by atoms with van der Waals surface area (Å²) in [6.07, 6.45) is 1.63. The second-order valence-electron chi connectivity index (χ2n) is 4.75. The van der Waals surface area contributed by atoms with Crippen molar-refractivity contribution in [1.82, 2.24) is 19.9 Å². The van der Waals surface area contributed by atoms with Crippen molar-refractivity contribution in [1.29, 1.82) is 5.26 Å². The Morgan fingerprint density at radius 3 is 2.91 bits per heavy atom. The van der Waals surface area contributed by atoms with Gasteiger partial charge < -0.3 is 20.2 Å². The molecule has 0 radical (unpaired) electrons. The van der Waals surface area contributed by atoms with Gasteiger partial charge in [-0.3, -0.25) is 0 Å². The number of nitrogens with one attached hydrogen (secondary N) is 1. The molecule has 0 spiro atoms. The van der Waals surface area contributed by atoms with Gasteiger partial charge in [-0.25, -0.2) is 15.0 Å². The van der Waals surface area contributed by atoms with Crippen molar-refractivity contribution in [3.63, 3.8) is 0 Å². The van der Waals surface area contributed by atoms with Gasteiger partial charge in [-0.15, -0.1) is 0 Å². The van der Waals surface area contributed by atoms with E-state index in [1.807, 2.05) is 12.1 Å². The molecule has 1 aliphatic rings. The molecule has 3 N–H and O–H groups in total. The van der Waals surface area contributed by atoms with E-state index in [0.29, 0.717) is 33.6 Å². The number of benzene rings is 1. The Balaban J connectivity index is 1.75. The fourth-order valence-corrected chi connectivity index (χ4v) is 3.18. The van der Waals surface area contributed by atoms with Gasteiger partial charge in [0.05, 0.1) is 12.5 Å². The SMILES string of the molecule is N#CCc1cc2c(cc1Sc1nc3ncnc(N)c3[nH]1)OCO2. The van der Waals surface area contributed by atoms with Gasteiger partial charge in [0, 0.05) is 4.90 Å². The third kappa shape index (κ3) is 2.39. The lowest BCUT2D eigenvalue weighted by atomic mass is 10.1. The van der Waals surface area contributed by atoms with E-state index in [2.05, 4.69) is 26.0 Å². The zero-order valence-electron chi connectivity index (χ0n) is 11.7. The van der Waals surface area contributed by atoms with Crippen LogP contribution in [0.4, 0.5) is 5.82 Å². The number of aromatic amines is 1. The number of imidazole rings is 1. The number of H-pyrrole nitrogens is 1. The summed E-state index contributed by atoms with van der Waals surface area (Å²) >= 11 is 1.38. The lowest BCUT2D eigenvalue weighted by Crippen LogP contribution is -1.92. The summed E-state index contributed by atoms with van der Waals surface area (Å²) in [5, 5.41) is 9.64. The number of nitrogens with two attached hydrogens (primary N) is 1. The maximum Gasteiger partial charge on any atom is 0.231 e. The summed E-state index contributed by atoms with van der Waals surface area (Å²) in [6, 6.07) is 5.83. The van der Waals surface area contributed by atoms with Crippen molar-refractivity contribution in [2.24, 2.45) is 0 Å². The highest BCUT2D eigenvalue weighted by Gasteiger charge is 2.19. The molecule has 0 aliphatic carbocycles. The summed E-state index contributed by atoms with van der Waals surface area (Å²) in [6.45, 7) is 0.187. The van der Waals surface area contributed by atoms with Crippen LogP contribution in [0.25, 0.3) is 11.2 Å². The van der Waals surface area contributed by atoms with E-state index in [9.17, 15) is 0 Å². The minimum Gasteiger partial charge on any atom is -0.454 e. The molecular weight excluding hydrogens is 316 g/mol. The van der Waals surface area contributed by atoms with E-state index in [-0.39, 0.29) is 13.2 Å². The zero-order chi connectivity index (χ0) is 15.8. The number of fused-ring (bicyclic) bond motifs is 2. The average Bonchev–Trinajstić information content (AvgIpc) is 3.14. The van der Waals surface area contributed by atoms with Gasteiger partial charge in [-0.1, -0.05) is 11.8 Å². The van der Waals surface area contributed by atoms with Crippen LogP contribution in [0.2, 0.25) is 0 Å². The van der Waals surface area contributed by atoms with E-state index >= 15 is 0 Å². The number of nitriles is 1. The Kier molecular flexibility index (Phi) is 3.17. The van der Waals surface area contributed by atoms with Gasteiger partial charge in [0.25, 0.3) is 0 Å². The van der Waals surface area contributed by atoms with E-state index in [1.165, 1.54) is 18.1 Å². The molecule has 2 aromatic heterocycles. The van der Waals surface area contributed by atoms with Crippen molar-refractivity contribution in [3.05, 3.63) is 24.0 Å². The van der Waals surface area contributed by atoms with Gasteiger partial charge >= 0.3 is 0 Å². The van der Waals surface area contributed by atoms with Crippen molar-refractivity contribution in [2.75, 3.05) is 12.5 Å². The average molecular weight is 326 g/mol. The van der Waals surface area contributed by atoms with E-state index in [1.54, 1.807) is 0 Å². The predicted octanol–water partition coefficient (Wildman–Crippen LogP) is 1.88. The van der Waals surface area contributed by atoms with Crippen LogP contribution in [0.3, 0.4) is 0 Å². The van der Waals surface area contributed by atoms with Crippen molar-refractivity contribution in [3.8, 4) is 17.6 Å². The maximum absolute atomic E-state index is 9.02. The Labute approximate surface area is 134 Å². The highest BCUT2D eigenvalue weighted by Crippen LogP contribution is 2.40. The normalized spacial score (nSPS) is 12.5. The molecule has 0 fully saturated rings. The molecule has 114 valence electrons. The molecule has 4 rings (SSSR count). The number of nitrogen functional groups attached to an aromatic ring is 1. The minimum atomic E-state index is 0.187. The van der Waals surface area contributed by atoms with Gasteiger partial charge in [0.15, 0.2) is 28.1 Å². The number of nitrogens with zero attached hydrogens (tertiary/aromatic N) is 4. The molecule has 0 atom stereocenters. The third-order valence-corrected chi connectivity index (χ3v) is 4.31. The third-order valence-electron chi connectivity index (χ3n) is 3.33. The molecule has 1 aromatic carbocycles. The first-order chi connectivity index (χ1) is 11.2. The van der Waals surface area contributed by atoms with Crippen LogP contribution in [-0.4, -0.2) is 26.7 Å². The second kappa shape index (κ2) is 5.33. The number of aromatic nitrogens is 4. The Bertz CT molecular complexity index is 948. The quantitative estimate of drug-likeness (QED) is 0.748. The Morgan fingerprint density at radius 2 is 2.13 bits per heavy atom. The van der Waals surface area contributed by atoms with Gasteiger partial charge in [-0.2, -0.15) is 5.26 Å². The molecule has 1 aliphatic heterocycles.